The van der Waals surface area contributed by atoms with Crippen molar-refractivity contribution in [1.82, 2.24) is 4.90 Å². The lowest BCUT2D eigenvalue weighted by atomic mass is 10.1. The Morgan fingerprint density at radius 2 is 1.95 bits per heavy atom. The fourth-order valence-corrected chi connectivity index (χ4v) is 3.88. The highest BCUT2D eigenvalue weighted by Gasteiger charge is 2.20. The van der Waals surface area contributed by atoms with E-state index in [1.165, 1.54) is 15.6 Å². The van der Waals surface area contributed by atoms with Crippen molar-refractivity contribution in [3.05, 3.63) is 59.2 Å². The molecule has 2 aromatic carbocycles. The highest BCUT2D eigenvalue weighted by molar-refractivity contribution is 7.17. The van der Waals surface area contributed by atoms with Crippen LogP contribution in [0.3, 0.4) is 0 Å². The Hall–Kier alpha value is -1.91. The van der Waals surface area contributed by atoms with Gasteiger partial charge in [0.15, 0.2) is 0 Å². The lowest BCUT2D eigenvalue weighted by Crippen LogP contribution is -2.26. The standard InChI is InChI=1S/C18H17FN2S/c1-20-7-8-21(17-10-15(19)4-2-14(17)12-20)16-5-3-13-6-9-22-18(13)11-16/h2-6,9-11H,7-8,12H2,1H3. The maximum absolute atomic E-state index is 13.8. The summed E-state index contributed by atoms with van der Waals surface area (Å²) in [5, 5.41) is 3.37. The first-order chi connectivity index (χ1) is 10.7. The van der Waals surface area contributed by atoms with Gasteiger partial charge in [-0.2, -0.15) is 0 Å². The first-order valence-corrected chi connectivity index (χ1v) is 8.30. The molecule has 0 fully saturated rings. The summed E-state index contributed by atoms with van der Waals surface area (Å²) < 4.78 is 15.0. The van der Waals surface area contributed by atoms with E-state index in [1.54, 1.807) is 23.5 Å². The number of hydrogen-bond donors (Lipinski definition) is 0. The molecule has 4 heteroatoms. The molecule has 0 radical (unpaired) electrons. The molecule has 112 valence electrons. The van der Waals surface area contributed by atoms with E-state index in [-0.39, 0.29) is 5.82 Å². The molecule has 0 bridgehead atoms. The minimum Gasteiger partial charge on any atom is -0.340 e. The number of hydrogen-bond acceptors (Lipinski definition) is 3. The summed E-state index contributed by atoms with van der Waals surface area (Å²) in [5.74, 6) is -0.175. The van der Waals surface area contributed by atoms with Crippen molar-refractivity contribution in [3.63, 3.8) is 0 Å². The molecule has 1 aliphatic rings. The zero-order valence-electron chi connectivity index (χ0n) is 12.4. The fourth-order valence-electron chi connectivity index (χ4n) is 3.06. The quantitative estimate of drug-likeness (QED) is 0.647. The average molecular weight is 312 g/mol. The van der Waals surface area contributed by atoms with E-state index in [4.69, 9.17) is 0 Å². The SMILES string of the molecule is CN1CCN(c2ccc3ccsc3c2)c2cc(F)ccc2C1. The minimum atomic E-state index is -0.175. The smallest absolute Gasteiger partial charge is 0.125 e. The van der Waals surface area contributed by atoms with E-state index in [2.05, 4.69) is 46.5 Å². The van der Waals surface area contributed by atoms with E-state index in [9.17, 15) is 4.39 Å². The van der Waals surface area contributed by atoms with Gasteiger partial charge in [0.1, 0.15) is 5.82 Å². The van der Waals surface area contributed by atoms with E-state index in [1.807, 2.05) is 6.07 Å². The van der Waals surface area contributed by atoms with Gasteiger partial charge in [0, 0.05) is 35.7 Å². The molecule has 0 unspecified atom stereocenters. The monoisotopic (exact) mass is 312 g/mol. The van der Waals surface area contributed by atoms with Crippen LogP contribution >= 0.6 is 11.3 Å². The number of likely N-dealkylation sites (N-methyl/N-ethyl adjacent to an activating group) is 1. The summed E-state index contributed by atoms with van der Waals surface area (Å²) >= 11 is 1.74. The van der Waals surface area contributed by atoms with Crippen molar-refractivity contribution in [3.8, 4) is 0 Å². The Bertz CT molecular complexity index is 827. The number of thiophene rings is 1. The average Bonchev–Trinajstić information content (AvgIpc) is 2.91. The highest BCUT2D eigenvalue weighted by Crippen LogP contribution is 2.34. The van der Waals surface area contributed by atoms with Gasteiger partial charge < -0.3 is 9.80 Å². The third-order valence-electron chi connectivity index (χ3n) is 4.24. The van der Waals surface area contributed by atoms with Crippen LogP contribution in [0.5, 0.6) is 0 Å². The van der Waals surface area contributed by atoms with E-state index >= 15 is 0 Å². The van der Waals surface area contributed by atoms with Crippen molar-refractivity contribution in [2.75, 3.05) is 25.0 Å². The maximum atomic E-state index is 13.8. The molecule has 0 N–H and O–H groups in total. The van der Waals surface area contributed by atoms with Crippen LogP contribution in [-0.2, 0) is 6.54 Å². The van der Waals surface area contributed by atoms with Crippen LogP contribution < -0.4 is 4.90 Å². The number of anilines is 2. The van der Waals surface area contributed by atoms with Crippen molar-refractivity contribution in [1.29, 1.82) is 0 Å². The predicted octanol–water partition coefficient (Wildman–Crippen LogP) is 4.62. The van der Waals surface area contributed by atoms with E-state index in [0.717, 1.165) is 31.0 Å². The molecule has 2 heterocycles. The number of halogens is 1. The van der Waals surface area contributed by atoms with Crippen molar-refractivity contribution in [2.45, 2.75) is 6.54 Å². The second-order valence-electron chi connectivity index (χ2n) is 5.81. The van der Waals surface area contributed by atoms with Gasteiger partial charge in [-0.05, 0) is 53.7 Å². The summed E-state index contributed by atoms with van der Waals surface area (Å²) in [6.45, 7) is 2.68. The zero-order chi connectivity index (χ0) is 15.1. The Morgan fingerprint density at radius 1 is 1.05 bits per heavy atom. The fraction of sp³-hybridized carbons (Fsp3) is 0.222. The highest BCUT2D eigenvalue weighted by atomic mass is 32.1. The van der Waals surface area contributed by atoms with Crippen LogP contribution in [0.1, 0.15) is 5.56 Å². The predicted molar refractivity (Wildman–Crippen MR) is 91.6 cm³/mol. The van der Waals surface area contributed by atoms with Gasteiger partial charge >= 0.3 is 0 Å². The van der Waals surface area contributed by atoms with Crippen molar-refractivity contribution < 1.29 is 4.39 Å². The molecule has 2 nitrogen and oxygen atoms in total. The Labute approximate surface area is 133 Å². The van der Waals surface area contributed by atoms with Gasteiger partial charge in [-0.1, -0.05) is 12.1 Å². The molecule has 0 atom stereocenters. The molecule has 0 aliphatic carbocycles. The lowest BCUT2D eigenvalue weighted by Gasteiger charge is -2.25. The Balaban J connectivity index is 1.84. The third-order valence-corrected chi connectivity index (χ3v) is 5.11. The van der Waals surface area contributed by atoms with Gasteiger partial charge in [-0.3, -0.25) is 0 Å². The van der Waals surface area contributed by atoms with Crippen LogP contribution in [0.25, 0.3) is 10.1 Å². The maximum Gasteiger partial charge on any atom is 0.125 e. The first kappa shape index (κ1) is 13.7. The van der Waals surface area contributed by atoms with E-state index in [0.29, 0.717) is 0 Å². The lowest BCUT2D eigenvalue weighted by molar-refractivity contribution is 0.343. The molecular formula is C18H17FN2S. The topological polar surface area (TPSA) is 6.48 Å². The summed E-state index contributed by atoms with van der Waals surface area (Å²) in [5.41, 5.74) is 3.30. The van der Waals surface area contributed by atoms with Crippen LogP contribution in [0.4, 0.5) is 15.8 Å². The molecule has 0 saturated carbocycles. The number of benzene rings is 2. The number of nitrogens with zero attached hydrogens (tertiary/aromatic N) is 2. The van der Waals surface area contributed by atoms with Gasteiger partial charge in [0.25, 0.3) is 0 Å². The summed E-state index contributed by atoms with van der Waals surface area (Å²) in [7, 11) is 2.11. The Morgan fingerprint density at radius 3 is 2.86 bits per heavy atom. The Kier molecular flexibility index (Phi) is 3.36. The first-order valence-electron chi connectivity index (χ1n) is 7.42. The van der Waals surface area contributed by atoms with Crippen LogP contribution in [0, 0.1) is 5.82 Å². The summed E-state index contributed by atoms with van der Waals surface area (Å²) in [4.78, 5) is 4.52. The second kappa shape index (κ2) is 5.38. The minimum absolute atomic E-state index is 0.175. The van der Waals surface area contributed by atoms with Crippen molar-refractivity contribution >= 4 is 32.8 Å². The largest absolute Gasteiger partial charge is 0.340 e. The molecule has 1 aromatic heterocycles. The molecule has 22 heavy (non-hydrogen) atoms. The number of fused-ring (bicyclic) bond motifs is 2. The molecule has 0 spiro atoms. The van der Waals surface area contributed by atoms with Crippen LogP contribution in [0.2, 0.25) is 0 Å². The van der Waals surface area contributed by atoms with Gasteiger partial charge in [-0.25, -0.2) is 4.39 Å². The second-order valence-corrected chi connectivity index (χ2v) is 6.75. The normalized spacial score (nSPS) is 15.8. The molecule has 3 aromatic rings. The van der Waals surface area contributed by atoms with Gasteiger partial charge in [-0.15, -0.1) is 11.3 Å². The van der Waals surface area contributed by atoms with Crippen molar-refractivity contribution in [2.24, 2.45) is 0 Å². The third kappa shape index (κ3) is 2.38. The molecular weight excluding hydrogens is 295 g/mol. The summed E-state index contributed by atoms with van der Waals surface area (Å²) in [6, 6.07) is 13.7. The molecule has 1 aliphatic heterocycles. The van der Waals surface area contributed by atoms with Gasteiger partial charge in [0.05, 0.1) is 0 Å². The zero-order valence-corrected chi connectivity index (χ0v) is 13.2. The number of rotatable bonds is 1. The molecule has 4 rings (SSSR count). The molecule has 0 saturated heterocycles. The van der Waals surface area contributed by atoms with Crippen LogP contribution in [0.15, 0.2) is 47.8 Å². The molecule has 0 amide bonds. The van der Waals surface area contributed by atoms with Crippen LogP contribution in [-0.4, -0.2) is 25.0 Å². The van der Waals surface area contributed by atoms with E-state index < -0.39 is 0 Å². The van der Waals surface area contributed by atoms with Gasteiger partial charge in [0.2, 0.25) is 0 Å². The summed E-state index contributed by atoms with van der Waals surface area (Å²) in [6.07, 6.45) is 0.